The number of sulfonamides is 1. The van der Waals surface area contributed by atoms with Crippen molar-refractivity contribution in [3.63, 3.8) is 0 Å². The fourth-order valence-electron chi connectivity index (χ4n) is 1.45. The summed E-state index contributed by atoms with van der Waals surface area (Å²) in [6, 6.07) is 1.21. The zero-order valence-corrected chi connectivity index (χ0v) is 11.8. The summed E-state index contributed by atoms with van der Waals surface area (Å²) in [7, 11) is -2.34. The van der Waals surface area contributed by atoms with Gasteiger partial charge in [0.15, 0.2) is 0 Å². The van der Waals surface area contributed by atoms with E-state index in [-0.39, 0.29) is 17.2 Å². The Bertz CT molecular complexity index is 535. The van der Waals surface area contributed by atoms with Gasteiger partial charge in [0.2, 0.25) is 10.0 Å². The molecule has 0 saturated carbocycles. The number of aromatic nitrogens is 1. The molecule has 0 fully saturated rings. The molecule has 0 amide bonds. The van der Waals surface area contributed by atoms with Crippen LogP contribution in [-0.4, -0.2) is 39.3 Å². The molecule has 1 heterocycles. The Hall–Kier alpha value is -1.38. The van der Waals surface area contributed by atoms with E-state index in [0.717, 1.165) is 0 Å². The van der Waals surface area contributed by atoms with Crippen LogP contribution in [0.2, 0.25) is 0 Å². The molecule has 0 saturated heterocycles. The number of carbonyl (C=O) groups excluding carboxylic acids is 1. The Labute approximate surface area is 112 Å². The van der Waals surface area contributed by atoms with Crippen LogP contribution >= 0.6 is 0 Å². The highest BCUT2D eigenvalue weighted by Crippen LogP contribution is 2.14. The second-order valence-corrected chi connectivity index (χ2v) is 5.49. The van der Waals surface area contributed by atoms with Crippen molar-refractivity contribution in [2.24, 2.45) is 5.14 Å². The van der Waals surface area contributed by atoms with E-state index in [1.165, 1.54) is 23.9 Å². The van der Waals surface area contributed by atoms with E-state index >= 15 is 0 Å². The van der Waals surface area contributed by atoms with Crippen LogP contribution in [0.15, 0.2) is 17.2 Å². The number of carbonyl (C=O) groups is 1. The summed E-state index contributed by atoms with van der Waals surface area (Å²) in [4.78, 5) is 11.7. The van der Waals surface area contributed by atoms with E-state index in [2.05, 4.69) is 0 Å². The van der Waals surface area contributed by atoms with Gasteiger partial charge >= 0.3 is 5.97 Å². The predicted molar refractivity (Wildman–Crippen MR) is 68.3 cm³/mol. The quantitative estimate of drug-likeness (QED) is 0.730. The topological polar surface area (TPSA) is 101 Å². The van der Waals surface area contributed by atoms with Gasteiger partial charge in [0.05, 0.1) is 13.2 Å². The number of primary sulfonamides is 1. The number of ether oxygens (including phenoxy) is 2. The number of esters is 1. The van der Waals surface area contributed by atoms with Crippen LogP contribution in [-0.2, 0) is 26.0 Å². The van der Waals surface area contributed by atoms with E-state index in [0.29, 0.717) is 19.6 Å². The summed E-state index contributed by atoms with van der Waals surface area (Å²) in [6.07, 6.45) is 1.99. The molecule has 0 atom stereocenters. The van der Waals surface area contributed by atoms with Gasteiger partial charge in [-0.3, -0.25) is 0 Å². The van der Waals surface area contributed by atoms with Crippen LogP contribution in [0.3, 0.4) is 0 Å². The smallest absolute Gasteiger partial charge is 0.354 e. The van der Waals surface area contributed by atoms with Crippen molar-refractivity contribution in [1.29, 1.82) is 0 Å². The third kappa shape index (κ3) is 4.34. The summed E-state index contributed by atoms with van der Waals surface area (Å²) < 4.78 is 33.9. The Morgan fingerprint density at radius 1 is 1.42 bits per heavy atom. The van der Waals surface area contributed by atoms with Gasteiger partial charge in [-0.25, -0.2) is 18.4 Å². The first-order valence-corrected chi connectivity index (χ1v) is 7.33. The molecule has 1 rings (SSSR count). The maximum atomic E-state index is 11.8. The van der Waals surface area contributed by atoms with E-state index in [4.69, 9.17) is 14.6 Å². The predicted octanol–water partition coefficient (Wildman–Crippen LogP) is 0.349. The fraction of sp³-hybridized carbons (Fsp3) is 0.545. The molecule has 0 unspecified atom stereocenters. The molecule has 1 aromatic rings. The molecule has 0 aliphatic heterocycles. The van der Waals surface area contributed by atoms with Crippen LogP contribution in [0.4, 0.5) is 0 Å². The molecule has 7 nitrogen and oxygen atoms in total. The molecule has 0 aromatic carbocycles. The number of methoxy groups -OCH3 is 1. The first-order valence-electron chi connectivity index (χ1n) is 5.79. The zero-order chi connectivity index (χ0) is 14.5. The van der Waals surface area contributed by atoms with Crippen LogP contribution in [0.5, 0.6) is 0 Å². The van der Waals surface area contributed by atoms with Crippen molar-refractivity contribution in [3.8, 4) is 0 Å². The van der Waals surface area contributed by atoms with Crippen molar-refractivity contribution >= 4 is 16.0 Å². The van der Waals surface area contributed by atoms with Crippen molar-refractivity contribution in [2.75, 3.05) is 20.3 Å². The number of hydrogen-bond acceptors (Lipinski definition) is 5. The molecular weight excluding hydrogens is 272 g/mol. The lowest BCUT2D eigenvalue weighted by Gasteiger charge is -2.07. The number of nitrogens with two attached hydrogens (primary N) is 1. The molecule has 8 heteroatoms. The number of nitrogens with zero attached hydrogens (tertiary/aromatic N) is 1. The second kappa shape index (κ2) is 6.69. The molecule has 0 aliphatic carbocycles. The lowest BCUT2D eigenvalue weighted by molar-refractivity contribution is 0.0490. The second-order valence-electron chi connectivity index (χ2n) is 3.93. The molecule has 0 radical (unpaired) electrons. The van der Waals surface area contributed by atoms with Crippen molar-refractivity contribution in [3.05, 3.63) is 18.0 Å². The van der Waals surface area contributed by atoms with Gasteiger partial charge in [0.1, 0.15) is 10.6 Å². The van der Waals surface area contributed by atoms with Gasteiger partial charge in [-0.15, -0.1) is 0 Å². The van der Waals surface area contributed by atoms with Crippen LogP contribution in [0.1, 0.15) is 23.8 Å². The highest BCUT2D eigenvalue weighted by Gasteiger charge is 2.19. The van der Waals surface area contributed by atoms with Crippen molar-refractivity contribution in [1.82, 2.24) is 4.57 Å². The first-order chi connectivity index (χ1) is 8.90. The fourth-order valence-corrected chi connectivity index (χ4v) is 2.00. The summed E-state index contributed by atoms with van der Waals surface area (Å²) in [5.41, 5.74) is 0.148. The molecule has 2 N–H and O–H groups in total. The van der Waals surface area contributed by atoms with Crippen LogP contribution in [0, 0.1) is 0 Å². The minimum atomic E-state index is -3.85. The van der Waals surface area contributed by atoms with E-state index in [9.17, 15) is 13.2 Å². The first kappa shape index (κ1) is 15.7. The lowest BCUT2D eigenvalue weighted by Crippen LogP contribution is -2.14. The Morgan fingerprint density at radius 2 is 2.11 bits per heavy atom. The SMILES string of the molecule is CCCOC(=O)c1cc(S(N)(=O)=O)cn1CCOC. The van der Waals surface area contributed by atoms with E-state index in [1.807, 2.05) is 6.92 Å². The molecule has 0 aliphatic rings. The molecule has 0 bridgehead atoms. The average Bonchev–Trinajstić information content (AvgIpc) is 2.77. The van der Waals surface area contributed by atoms with E-state index < -0.39 is 16.0 Å². The minimum Gasteiger partial charge on any atom is -0.461 e. The number of hydrogen-bond donors (Lipinski definition) is 1. The van der Waals surface area contributed by atoms with Gasteiger partial charge in [-0.2, -0.15) is 0 Å². The monoisotopic (exact) mass is 290 g/mol. The summed E-state index contributed by atoms with van der Waals surface area (Å²) >= 11 is 0. The van der Waals surface area contributed by atoms with Gasteiger partial charge < -0.3 is 14.0 Å². The summed E-state index contributed by atoms with van der Waals surface area (Å²) in [5, 5.41) is 5.04. The molecular formula is C11H18N2O5S. The minimum absolute atomic E-state index is 0.118. The molecule has 1 aromatic heterocycles. The molecule has 0 spiro atoms. The lowest BCUT2D eigenvalue weighted by atomic mass is 10.4. The average molecular weight is 290 g/mol. The largest absolute Gasteiger partial charge is 0.461 e. The zero-order valence-electron chi connectivity index (χ0n) is 11.0. The highest BCUT2D eigenvalue weighted by atomic mass is 32.2. The number of rotatable bonds is 7. The van der Waals surface area contributed by atoms with Crippen molar-refractivity contribution in [2.45, 2.75) is 24.8 Å². The Balaban J connectivity index is 3.05. The summed E-state index contributed by atoms with van der Waals surface area (Å²) in [6.45, 7) is 2.82. The Kier molecular flexibility index (Phi) is 5.52. The normalized spacial score (nSPS) is 11.5. The third-order valence-electron chi connectivity index (χ3n) is 2.38. The van der Waals surface area contributed by atoms with Crippen LogP contribution < -0.4 is 5.14 Å². The Morgan fingerprint density at radius 3 is 2.63 bits per heavy atom. The summed E-state index contributed by atoms with van der Waals surface area (Å²) in [5.74, 6) is -0.576. The van der Waals surface area contributed by atoms with Crippen molar-refractivity contribution < 1.29 is 22.7 Å². The molecule has 19 heavy (non-hydrogen) atoms. The van der Waals surface area contributed by atoms with E-state index in [1.54, 1.807) is 0 Å². The standard InChI is InChI=1S/C11H18N2O5S/c1-3-5-18-11(14)10-7-9(19(12,15)16)8-13(10)4-6-17-2/h7-8H,3-6H2,1-2H3,(H2,12,15,16). The van der Waals surface area contributed by atoms with Gasteiger partial charge in [-0.05, 0) is 12.5 Å². The third-order valence-corrected chi connectivity index (χ3v) is 3.26. The van der Waals surface area contributed by atoms with Crippen LogP contribution in [0.25, 0.3) is 0 Å². The van der Waals surface area contributed by atoms with Gasteiger partial charge in [-0.1, -0.05) is 6.92 Å². The highest BCUT2D eigenvalue weighted by molar-refractivity contribution is 7.89. The molecule has 108 valence electrons. The van der Waals surface area contributed by atoms with Gasteiger partial charge in [0.25, 0.3) is 0 Å². The maximum absolute atomic E-state index is 11.8. The van der Waals surface area contributed by atoms with Gasteiger partial charge in [0, 0.05) is 19.9 Å². The maximum Gasteiger partial charge on any atom is 0.354 e.